The zero-order valence-corrected chi connectivity index (χ0v) is 15.5. The first kappa shape index (κ1) is 19.3. The van der Waals surface area contributed by atoms with Gasteiger partial charge in [-0.1, -0.05) is 0 Å². The topological polar surface area (TPSA) is 35.5 Å². The molecule has 0 amide bonds. The molecule has 0 aliphatic rings. The van der Waals surface area contributed by atoms with Crippen LogP contribution in [0.2, 0.25) is 5.21 Å². The van der Waals surface area contributed by atoms with E-state index in [9.17, 15) is 3.74 Å². The second-order valence-corrected chi connectivity index (χ2v) is 11.1. The van der Waals surface area contributed by atoms with Gasteiger partial charge in [-0.25, -0.2) is 0 Å². The molecule has 0 saturated carbocycles. The summed E-state index contributed by atoms with van der Waals surface area (Å²) in [4.78, 5) is 0. The summed E-state index contributed by atoms with van der Waals surface area (Å²) in [6.07, 6.45) is 2.81. The fourth-order valence-electron chi connectivity index (χ4n) is 1.44. The Labute approximate surface area is 122 Å². The van der Waals surface area contributed by atoms with Crippen LogP contribution in [-0.2, 0) is 11.2 Å². The van der Waals surface area contributed by atoms with Gasteiger partial charge in [0, 0.05) is 0 Å². The first-order chi connectivity index (χ1) is 8.75. The monoisotopic (exact) mass is 336 g/mol. The molecule has 3 nitrogen and oxygen atoms in total. The van der Waals surface area contributed by atoms with E-state index in [0.717, 1.165) is 19.3 Å². The Balaban J connectivity index is 4.23. The summed E-state index contributed by atoms with van der Waals surface area (Å²) in [7, 11) is 0. The zero-order valence-electron chi connectivity index (χ0n) is 13.6. The SMILES string of the molecule is CC(C)CCO[As](=O)(CCC(C)C)OCCC(C)C. The van der Waals surface area contributed by atoms with Crippen molar-refractivity contribution in [2.75, 3.05) is 13.2 Å². The summed E-state index contributed by atoms with van der Waals surface area (Å²) in [6.45, 7) is 14.0. The molecular weight excluding hydrogens is 303 g/mol. The van der Waals surface area contributed by atoms with E-state index in [0.29, 0.717) is 36.2 Å². The third-order valence-corrected chi connectivity index (χ3v) is 7.05. The summed E-state index contributed by atoms with van der Waals surface area (Å²) >= 11 is -3.56. The van der Waals surface area contributed by atoms with Crippen LogP contribution in [-0.4, -0.2) is 27.4 Å². The van der Waals surface area contributed by atoms with Crippen LogP contribution in [0.5, 0.6) is 0 Å². The molecule has 4 heteroatoms. The molecule has 0 N–H and O–H groups in total. The molecular formula is C15H33AsO3. The minimum atomic E-state index is -3.56. The first-order valence-corrected chi connectivity index (χ1v) is 11.3. The van der Waals surface area contributed by atoms with E-state index in [2.05, 4.69) is 41.5 Å². The Bertz CT molecular complexity index is 244. The van der Waals surface area contributed by atoms with Crippen molar-refractivity contribution >= 4 is 14.2 Å². The van der Waals surface area contributed by atoms with E-state index in [1.807, 2.05) is 0 Å². The maximum atomic E-state index is 12.7. The van der Waals surface area contributed by atoms with Gasteiger partial charge in [-0.2, -0.15) is 0 Å². The molecule has 0 fully saturated rings. The van der Waals surface area contributed by atoms with E-state index in [-0.39, 0.29) is 0 Å². The zero-order chi connectivity index (χ0) is 14.9. The van der Waals surface area contributed by atoms with Crippen LogP contribution in [0, 0.1) is 17.8 Å². The Kier molecular flexibility index (Phi) is 10.2. The Morgan fingerprint density at radius 3 is 1.42 bits per heavy atom. The average molecular weight is 336 g/mol. The molecule has 0 atom stereocenters. The van der Waals surface area contributed by atoms with Crippen molar-refractivity contribution in [1.29, 1.82) is 0 Å². The summed E-state index contributed by atoms with van der Waals surface area (Å²) in [5.41, 5.74) is 0. The molecule has 0 heterocycles. The van der Waals surface area contributed by atoms with Crippen molar-refractivity contribution in [2.24, 2.45) is 17.8 Å². The molecule has 0 aromatic heterocycles. The predicted octanol–water partition coefficient (Wildman–Crippen LogP) is 4.53. The standard InChI is InChI=1S/C15H33AsO3/c1-13(2)7-10-16(17,18-11-8-14(3)4)19-12-9-15(5)6/h13-15H,7-12H2,1-6H3. The van der Waals surface area contributed by atoms with Crippen LogP contribution >= 0.6 is 0 Å². The van der Waals surface area contributed by atoms with Crippen molar-refractivity contribution in [1.82, 2.24) is 0 Å². The van der Waals surface area contributed by atoms with E-state index < -0.39 is 14.2 Å². The molecule has 0 aliphatic carbocycles. The fourth-order valence-corrected chi connectivity index (χ4v) is 5.49. The van der Waals surface area contributed by atoms with Crippen molar-refractivity contribution in [3.05, 3.63) is 0 Å². The average Bonchev–Trinajstić information content (AvgIpc) is 2.25. The van der Waals surface area contributed by atoms with Crippen molar-refractivity contribution in [3.8, 4) is 0 Å². The number of rotatable bonds is 11. The van der Waals surface area contributed by atoms with Crippen LogP contribution in [0.25, 0.3) is 0 Å². The van der Waals surface area contributed by atoms with Crippen LogP contribution < -0.4 is 0 Å². The Hall–Kier alpha value is 0.278. The van der Waals surface area contributed by atoms with Crippen LogP contribution in [0.4, 0.5) is 0 Å². The fraction of sp³-hybridized carbons (Fsp3) is 1.00. The third-order valence-electron chi connectivity index (χ3n) is 2.95. The van der Waals surface area contributed by atoms with Crippen LogP contribution in [0.1, 0.15) is 60.8 Å². The summed E-state index contributed by atoms with van der Waals surface area (Å²) in [5.74, 6) is 1.69. The second-order valence-electron chi connectivity index (χ2n) is 6.55. The van der Waals surface area contributed by atoms with E-state index in [1.165, 1.54) is 0 Å². The predicted molar refractivity (Wildman–Crippen MR) is 81.5 cm³/mol. The van der Waals surface area contributed by atoms with Crippen molar-refractivity contribution in [2.45, 2.75) is 66.0 Å². The molecule has 0 radical (unpaired) electrons. The minimum absolute atomic E-state index is 0.539. The van der Waals surface area contributed by atoms with Gasteiger partial charge >= 0.3 is 122 Å². The molecule has 0 aromatic rings. The van der Waals surface area contributed by atoms with Crippen LogP contribution in [0.3, 0.4) is 0 Å². The van der Waals surface area contributed by atoms with Crippen molar-refractivity contribution < 1.29 is 11.2 Å². The maximum absolute atomic E-state index is 12.7. The molecule has 0 aromatic carbocycles. The molecule has 116 valence electrons. The van der Waals surface area contributed by atoms with Gasteiger partial charge in [-0.3, -0.25) is 0 Å². The van der Waals surface area contributed by atoms with Crippen molar-refractivity contribution in [3.63, 3.8) is 0 Å². The first-order valence-electron chi connectivity index (χ1n) is 7.63. The third kappa shape index (κ3) is 11.8. The number of hydrogen-bond donors (Lipinski definition) is 0. The van der Waals surface area contributed by atoms with Gasteiger partial charge in [0.2, 0.25) is 0 Å². The van der Waals surface area contributed by atoms with E-state index in [1.54, 1.807) is 0 Å². The molecule has 0 unspecified atom stereocenters. The van der Waals surface area contributed by atoms with Crippen LogP contribution in [0.15, 0.2) is 0 Å². The molecule has 0 bridgehead atoms. The normalized spacial score (nSPS) is 12.9. The second kappa shape index (κ2) is 10.1. The van der Waals surface area contributed by atoms with Gasteiger partial charge in [-0.15, -0.1) is 0 Å². The van der Waals surface area contributed by atoms with Gasteiger partial charge < -0.3 is 0 Å². The molecule has 0 rings (SSSR count). The summed E-state index contributed by atoms with van der Waals surface area (Å²) in [6, 6.07) is 0. The Morgan fingerprint density at radius 2 is 1.11 bits per heavy atom. The van der Waals surface area contributed by atoms with Gasteiger partial charge in [0.1, 0.15) is 0 Å². The molecule has 0 spiro atoms. The van der Waals surface area contributed by atoms with Gasteiger partial charge in [0.25, 0.3) is 0 Å². The van der Waals surface area contributed by atoms with E-state index >= 15 is 0 Å². The quantitative estimate of drug-likeness (QED) is 0.520. The van der Waals surface area contributed by atoms with Gasteiger partial charge in [0.15, 0.2) is 0 Å². The number of hydrogen-bond acceptors (Lipinski definition) is 3. The summed E-state index contributed by atoms with van der Waals surface area (Å²) in [5, 5.41) is 0.603. The van der Waals surface area contributed by atoms with Gasteiger partial charge in [0.05, 0.1) is 0 Å². The summed E-state index contributed by atoms with van der Waals surface area (Å²) < 4.78 is 24.0. The molecule has 0 saturated heterocycles. The molecule has 19 heavy (non-hydrogen) atoms. The molecule has 0 aliphatic heterocycles. The Morgan fingerprint density at radius 1 is 0.737 bits per heavy atom. The van der Waals surface area contributed by atoms with E-state index in [4.69, 9.17) is 7.45 Å². The van der Waals surface area contributed by atoms with Gasteiger partial charge in [-0.05, 0) is 0 Å².